The van der Waals surface area contributed by atoms with Gasteiger partial charge in [0.25, 0.3) is 0 Å². The molecule has 234 valence electrons. The van der Waals surface area contributed by atoms with Gasteiger partial charge in [-0.15, -0.1) is 0 Å². The lowest BCUT2D eigenvalue weighted by atomic mass is 9.96. The molecule has 50 heavy (non-hydrogen) atoms. The minimum absolute atomic E-state index is 0.577. The van der Waals surface area contributed by atoms with Crippen molar-refractivity contribution in [3.63, 3.8) is 0 Å². The fourth-order valence-corrected chi connectivity index (χ4v) is 6.97. The summed E-state index contributed by atoms with van der Waals surface area (Å²) in [4.78, 5) is 15.5. The van der Waals surface area contributed by atoms with Crippen LogP contribution in [0.4, 0.5) is 0 Å². The molecule has 0 aliphatic carbocycles. The Kier molecular flexibility index (Phi) is 6.42. The molecule has 0 N–H and O–H groups in total. The van der Waals surface area contributed by atoms with Crippen LogP contribution in [0.3, 0.4) is 0 Å². The van der Waals surface area contributed by atoms with Crippen molar-refractivity contribution >= 4 is 43.9 Å². The molecule has 5 nitrogen and oxygen atoms in total. The van der Waals surface area contributed by atoms with Gasteiger partial charge in [0.1, 0.15) is 22.3 Å². The highest BCUT2D eigenvalue weighted by Crippen LogP contribution is 2.39. The van der Waals surface area contributed by atoms with E-state index in [1.807, 2.05) is 72.8 Å². The molecule has 0 fully saturated rings. The topological polar surface area (TPSA) is 65.0 Å². The molecule has 0 aliphatic rings. The first kappa shape index (κ1) is 28.2. The molecule has 10 rings (SSSR count). The summed E-state index contributed by atoms with van der Waals surface area (Å²) < 4.78 is 12.4. The summed E-state index contributed by atoms with van der Waals surface area (Å²) >= 11 is 0. The molecule has 0 saturated heterocycles. The van der Waals surface area contributed by atoms with E-state index in [-0.39, 0.29) is 0 Å². The zero-order valence-corrected chi connectivity index (χ0v) is 26.7. The summed E-state index contributed by atoms with van der Waals surface area (Å²) in [6.45, 7) is 0. The van der Waals surface area contributed by atoms with Crippen LogP contribution in [0.15, 0.2) is 173 Å². The SMILES string of the molecule is c1ccc(-c2ccc(-c3ccccc3-c3nc(-c4ccc5oc6ccccc6c5c4)nc(-c4cccc5oc6ccccc6c45)n3)cc2)cc1. The minimum Gasteiger partial charge on any atom is -0.456 e. The number of benzene rings is 7. The van der Waals surface area contributed by atoms with E-state index in [1.165, 1.54) is 11.1 Å². The highest BCUT2D eigenvalue weighted by molar-refractivity contribution is 6.12. The molecular weight excluding hydrogens is 615 g/mol. The normalized spacial score (nSPS) is 11.6. The minimum atomic E-state index is 0.577. The van der Waals surface area contributed by atoms with E-state index in [2.05, 4.69) is 91.0 Å². The Hall–Kier alpha value is -6.85. The number of furan rings is 2. The van der Waals surface area contributed by atoms with Crippen LogP contribution in [0.2, 0.25) is 0 Å². The van der Waals surface area contributed by atoms with Crippen molar-refractivity contribution in [2.45, 2.75) is 0 Å². The Labute approximate surface area is 287 Å². The van der Waals surface area contributed by atoms with Gasteiger partial charge in [-0.25, -0.2) is 15.0 Å². The monoisotopic (exact) mass is 641 g/mol. The summed E-state index contributed by atoms with van der Waals surface area (Å²) in [5.74, 6) is 1.75. The Morgan fingerprint density at radius 3 is 1.64 bits per heavy atom. The van der Waals surface area contributed by atoms with Gasteiger partial charge in [-0.3, -0.25) is 0 Å². The van der Waals surface area contributed by atoms with Gasteiger partial charge in [-0.1, -0.05) is 127 Å². The number of para-hydroxylation sites is 2. The Morgan fingerprint density at radius 2 is 0.820 bits per heavy atom. The zero-order chi connectivity index (χ0) is 33.0. The number of aromatic nitrogens is 3. The van der Waals surface area contributed by atoms with Crippen molar-refractivity contribution < 1.29 is 8.83 Å². The number of nitrogens with zero attached hydrogens (tertiary/aromatic N) is 3. The maximum atomic E-state index is 6.26. The average molecular weight is 642 g/mol. The molecule has 0 spiro atoms. The third-order valence-corrected chi connectivity index (χ3v) is 9.38. The molecule has 0 bridgehead atoms. The van der Waals surface area contributed by atoms with E-state index in [9.17, 15) is 0 Å². The van der Waals surface area contributed by atoms with Gasteiger partial charge in [-0.2, -0.15) is 0 Å². The summed E-state index contributed by atoms with van der Waals surface area (Å²) in [6, 6.07) is 55.8. The van der Waals surface area contributed by atoms with Crippen molar-refractivity contribution in [3.05, 3.63) is 164 Å². The number of fused-ring (bicyclic) bond motifs is 6. The highest BCUT2D eigenvalue weighted by atomic mass is 16.3. The van der Waals surface area contributed by atoms with E-state index in [1.54, 1.807) is 0 Å². The van der Waals surface area contributed by atoms with Gasteiger partial charge in [-0.05, 0) is 58.7 Å². The van der Waals surface area contributed by atoms with Gasteiger partial charge in [0.15, 0.2) is 17.5 Å². The van der Waals surface area contributed by atoms with Gasteiger partial charge < -0.3 is 8.83 Å². The van der Waals surface area contributed by atoms with Crippen LogP contribution in [0.1, 0.15) is 0 Å². The smallest absolute Gasteiger partial charge is 0.164 e. The fraction of sp³-hybridized carbons (Fsp3) is 0. The molecule has 3 aromatic heterocycles. The predicted octanol–water partition coefficient (Wildman–Crippen LogP) is 12.0. The molecule has 5 heteroatoms. The second-order valence-corrected chi connectivity index (χ2v) is 12.4. The van der Waals surface area contributed by atoms with Gasteiger partial charge >= 0.3 is 0 Å². The number of hydrogen-bond acceptors (Lipinski definition) is 5. The van der Waals surface area contributed by atoms with Crippen LogP contribution in [-0.2, 0) is 0 Å². The number of rotatable bonds is 5. The maximum Gasteiger partial charge on any atom is 0.164 e. The third kappa shape index (κ3) is 4.67. The summed E-state index contributed by atoms with van der Waals surface area (Å²) in [5, 5.41) is 4.07. The van der Waals surface area contributed by atoms with Crippen molar-refractivity contribution in [3.8, 4) is 56.4 Å². The summed E-state index contributed by atoms with van der Waals surface area (Å²) in [7, 11) is 0. The third-order valence-electron chi connectivity index (χ3n) is 9.38. The molecule has 0 aliphatic heterocycles. The van der Waals surface area contributed by atoms with E-state index >= 15 is 0 Å². The first-order valence-corrected chi connectivity index (χ1v) is 16.6. The molecule has 0 amide bonds. The second-order valence-electron chi connectivity index (χ2n) is 12.4. The van der Waals surface area contributed by atoms with E-state index < -0.39 is 0 Å². The first-order valence-electron chi connectivity index (χ1n) is 16.6. The largest absolute Gasteiger partial charge is 0.456 e. The summed E-state index contributed by atoms with van der Waals surface area (Å²) in [6.07, 6.45) is 0. The lowest BCUT2D eigenvalue weighted by Gasteiger charge is -2.13. The molecule has 7 aromatic carbocycles. The van der Waals surface area contributed by atoms with Crippen LogP contribution in [0, 0.1) is 0 Å². The lowest BCUT2D eigenvalue weighted by molar-refractivity contribution is 0.668. The van der Waals surface area contributed by atoms with Crippen molar-refractivity contribution in [2.24, 2.45) is 0 Å². The molecule has 0 unspecified atom stereocenters. The maximum absolute atomic E-state index is 6.26. The highest BCUT2D eigenvalue weighted by Gasteiger charge is 2.20. The fourth-order valence-electron chi connectivity index (χ4n) is 6.97. The van der Waals surface area contributed by atoms with Crippen molar-refractivity contribution in [1.29, 1.82) is 0 Å². The Bertz CT molecular complexity index is 2870. The molecule has 0 atom stereocenters. The van der Waals surface area contributed by atoms with Crippen LogP contribution in [0.25, 0.3) is 100 Å². The van der Waals surface area contributed by atoms with Gasteiger partial charge in [0.2, 0.25) is 0 Å². The van der Waals surface area contributed by atoms with Gasteiger partial charge in [0, 0.05) is 38.2 Å². The van der Waals surface area contributed by atoms with Crippen LogP contribution >= 0.6 is 0 Å². The predicted molar refractivity (Wildman–Crippen MR) is 202 cm³/mol. The first-order chi connectivity index (χ1) is 24.8. The molecule has 10 aromatic rings. The van der Waals surface area contributed by atoms with Crippen molar-refractivity contribution in [2.75, 3.05) is 0 Å². The second kappa shape index (κ2) is 11.4. The Morgan fingerprint density at radius 1 is 0.300 bits per heavy atom. The molecular formula is C45H27N3O2. The Balaban J connectivity index is 1.19. The van der Waals surface area contributed by atoms with Crippen LogP contribution < -0.4 is 0 Å². The summed E-state index contributed by atoms with van der Waals surface area (Å²) in [5.41, 5.74) is 10.4. The van der Waals surface area contributed by atoms with Crippen LogP contribution in [0.5, 0.6) is 0 Å². The molecule has 0 radical (unpaired) electrons. The van der Waals surface area contributed by atoms with Crippen LogP contribution in [-0.4, -0.2) is 15.0 Å². The lowest BCUT2D eigenvalue weighted by Crippen LogP contribution is -2.01. The average Bonchev–Trinajstić information content (AvgIpc) is 3.76. The quantitative estimate of drug-likeness (QED) is 0.187. The molecule has 3 heterocycles. The van der Waals surface area contributed by atoms with E-state index in [4.69, 9.17) is 23.8 Å². The standard InChI is InChI=1S/C45H27N3O2/c1-2-11-28(12-3-1)29-21-23-30(24-22-29)32-13-4-5-15-34(32)44-46-43(31-25-26-40-37(27-31)33-14-6-8-18-38(33)49-40)47-45(48-44)36-17-10-20-41-42(36)35-16-7-9-19-39(35)50-41/h1-27H. The zero-order valence-electron chi connectivity index (χ0n) is 26.7. The number of hydrogen-bond donors (Lipinski definition) is 0. The van der Waals surface area contributed by atoms with Gasteiger partial charge in [0.05, 0.1) is 0 Å². The van der Waals surface area contributed by atoms with E-state index in [0.717, 1.165) is 71.7 Å². The van der Waals surface area contributed by atoms with E-state index in [0.29, 0.717) is 17.5 Å². The van der Waals surface area contributed by atoms with Crippen molar-refractivity contribution in [1.82, 2.24) is 15.0 Å². The molecule has 0 saturated carbocycles.